The van der Waals surface area contributed by atoms with Gasteiger partial charge in [-0.1, -0.05) is 53.5 Å². The van der Waals surface area contributed by atoms with Crippen LogP contribution in [-0.2, 0) is 0 Å². The molecule has 7 heteroatoms. The average molecular weight is 454 g/mol. The van der Waals surface area contributed by atoms with Gasteiger partial charge in [0.1, 0.15) is 0 Å². The summed E-state index contributed by atoms with van der Waals surface area (Å²) in [5.74, 6) is 0.954. The predicted octanol–water partition coefficient (Wildman–Crippen LogP) is 6.71. The molecule has 150 valence electrons. The second-order valence-corrected chi connectivity index (χ2v) is 9.11. The molecule has 0 aliphatic carbocycles. The molecular weight excluding hydrogens is 437 g/mol. The molecule has 30 heavy (non-hydrogen) atoms. The summed E-state index contributed by atoms with van der Waals surface area (Å²) in [6.45, 7) is 0. The molecule has 0 radical (unpaired) electrons. The molecule has 0 saturated heterocycles. The summed E-state index contributed by atoms with van der Waals surface area (Å²) in [5.41, 5.74) is 3.73. The Morgan fingerprint density at radius 2 is 1.63 bits per heavy atom. The quantitative estimate of drug-likeness (QED) is 0.468. The lowest BCUT2D eigenvalue weighted by atomic mass is 9.88. The molecule has 0 bridgehead atoms. The van der Waals surface area contributed by atoms with Crippen molar-refractivity contribution < 1.29 is 4.79 Å². The summed E-state index contributed by atoms with van der Waals surface area (Å²) < 4.78 is 0. The third-order valence-electron chi connectivity index (χ3n) is 5.31. The fraction of sp³-hybridized carbons (Fsp3) is 0.130. The molecule has 1 N–H and O–H groups in total. The van der Waals surface area contributed by atoms with E-state index in [1.54, 1.807) is 41.0 Å². The zero-order valence-electron chi connectivity index (χ0n) is 15.8. The minimum atomic E-state index is -0.276. The van der Waals surface area contributed by atoms with Crippen molar-refractivity contribution in [1.29, 1.82) is 0 Å². The number of amides is 2. The number of nitrogens with one attached hydrogen (secondary N) is 1. The zero-order valence-corrected chi connectivity index (χ0v) is 18.1. The van der Waals surface area contributed by atoms with Crippen LogP contribution < -0.4 is 5.32 Å². The van der Waals surface area contributed by atoms with E-state index in [-0.39, 0.29) is 18.0 Å². The number of carbonyl (C=O) groups excluding carboxylic acids is 1. The molecule has 2 aliphatic rings. The second kappa shape index (κ2) is 7.99. The molecule has 5 rings (SSSR count). The number of thioether (sulfide) groups is 1. The molecule has 2 amide bonds. The number of nitrogens with zero attached hydrogens (tertiary/aromatic N) is 2. The fourth-order valence-corrected chi connectivity index (χ4v) is 5.35. The maximum Gasteiger partial charge on any atom is 0.342 e. The van der Waals surface area contributed by atoms with Gasteiger partial charge in [0.25, 0.3) is 0 Å². The van der Waals surface area contributed by atoms with Gasteiger partial charge in [0.2, 0.25) is 0 Å². The van der Waals surface area contributed by atoms with Crippen LogP contribution in [-0.4, -0.2) is 22.5 Å². The number of hydrogen-bond acceptors (Lipinski definition) is 3. The van der Waals surface area contributed by atoms with Crippen LogP contribution in [0.3, 0.4) is 0 Å². The molecule has 0 saturated carbocycles. The number of rotatable bonds is 2. The molecule has 0 unspecified atom stereocenters. The Hall–Kier alpha value is -2.47. The van der Waals surface area contributed by atoms with Gasteiger partial charge >= 0.3 is 6.03 Å². The highest BCUT2D eigenvalue weighted by Gasteiger charge is 2.44. The SMILES string of the molecule is O=C(Nc1ccc(Cl)cc1)N1N=C2c3ccccc3SC[C@H]2[C@H]1c1ccc(Cl)cc1. The van der Waals surface area contributed by atoms with Crippen LogP contribution in [0.25, 0.3) is 0 Å². The van der Waals surface area contributed by atoms with Gasteiger partial charge < -0.3 is 5.32 Å². The highest BCUT2D eigenvalue weighted by molar-refractivity contribution is 7.99. The number of urea groups is 1. The molecule has 3 aromatic carbocycles. The summed E-state index contributed by atoms with van der Waals surface area (Å²) in [7, 11) is 0. The Morgan fingerprint density at radius 3 is 2.37 bits per heavy atom. The zero-order chi connectivity index (χ0) is 20.7. The van der Waals surface area contributed by atoms with Crippen LogP contribution in [0.5, 0.6) is 0 Å². The number of fused-ring (bicyclic) bond motifs is 3. The number of benzene rings is 3. The minimum Gasteiger partial charge on any atom is -0.306 e. The van der Waals surface area contributed by atoms with Gasteiger partial charge in [0, 0.05) is 37.9 Å². The fourth-order valence-electron chi connectivity index (χ4n) is 3.90. The van der Waals surface area contributed by atoms with Crippen LogP contribution in [0.1, 0.15) is 17.2 Å². The predicted molar refractivity (Wildman–Crippen MR) is 124 cm³/mol. The Kier molecular flexibility index (Phi) is 5.19. The van der Waals surface area contributed by atoms with Gasteiger partial charge in [-0.2, -0.15) is 5.10 Å². The number of hydrazone groups is 1. The standard InChI is InChI=1S/C23H17Cl2N3OS/c24-15-7-5-14(6-8-15)22-19-13-30-20-4-2-1-3-18(20)21(19)27-28(22)23(29)26-17-11-9-16(25)10-12-17/h1-12,19,22H,13H2,(H,26,29)/t19-,22-/m1/s1. The van der Waals surface area contributed by atoms with Gasteiger partial charge in [0.05, 0.1) is 11.8 Å². The maximum atomic E-state index is 13.2. The van der Waals surface area contributed by atoms with Crippen LogP contribution in [0, 0.1) is 5.92 Å². The highest BCUT2D eigenvalue weighted by Crippen LogP contribution is 2.45. The van der Waals surface area contributed by atoms with E-state index in [0.29, 0.717) is 15.7 Å². The lowest BCUT2D eigenvalue weighted by Crippen LogP contribution is -2.35. The van der Waals surface area contributed by atoms with Crippen LogP contribution >= 0.6 is 35.0 Å². The Balaban J connectivity index is 1.53. The first-order valence-electron chi connectivity index (χ1n) is 9.52. The van der Waals surface area contributed by atoms with Crippen molar-refractivity contribution in [3.63, 3.8) is 0 Å². The number of hydrogen-bond donors (Lipinski definition) is 1. The smallest absolute Gasteiger partial charge is 0.306 e. The topological polar surface area (TPSA) is 44.7 Å². The summed E-state index contributed by atoms with van der Waals surface area (Å²) >= 11 is 13.9. The van der Waals surface area contributed by atoms with Gasteiger partial charge in [0.15, 0.2) is 0 Å². The van der Waals surface area contributed by atoms with Crippen molar-refractivity contribution in [3.05, 3.63) is 94.0 Å². The van der Waals surface area contributed by atoms with Gasteiger partial charge in [-0.05, 0) is 48.0 Å². The molecule has 4 nitrogen and oxygen atoms in total. The van der Waals surface area contributed by atoms with E-state index in [9.17, 15) is 4.79 Å². The van der Waals surface area contributed by atoms with Crippen molar-refractivity contribution in [2.45, 2.75) is 10.9 Å². The van der Waals surface area contributed by atoms with Crippen molar-refractivity contribution in [2.24, 2.45) is 11.0 Å². The van der Waals surface area contributed by atoms with E-state index < -0.39 is 0 Å². The third-order valence-corrected chi connectivity index (χ3v) is 7.00. The Labute approximate surface area is 188 Å². The lowest BCUT2D eigenvalue weighted by Gasteiger charge is -2.29. The van der Waals surface area contributed by atoms with Crippen molar-refractivity contribution in [1.82, 2.24) is 5.01 Å². The van der Waals surface area contributed by atoms with E-state index in [4.69, 9.17) is 28.3 Å². The van der Waals surface area contributed by atoms with Gasteiger partial charge in [-0.15, -0.1) is 11.8 Å². The maximum absolute atomic E-state index is 13.2. The van der Waals surface area contributed by atoms with Gasteiger partial charge in [-0.3, -0.25) is 0 Å². The average Bonchev–Trinajstić information content (AvgIpc) is 3.16. The largest absolute Gasteiger partial charge is 0.342 e. The Morgan fingerprint density at radius 1 is 0.967 bits per heavy atom. The van der Waals surface area contributed by atoms with E-state index in [1.807, 2.05) is 36.4 Å². The lowest BCUT2D eigenvalue weighted by molar-refractivity contribution is 0.192. The normalized spacial score (nSPS) is 19.7. The first-order chi connectivity index (χ1) is 14.6. The number of anilines is 1. The number of halogens is 2. The molecule has 0 fully saturated rings. The van der Waals surface area contributed by atoms with E-state index in [2.05, 4.69) is 17.4 Å². The number of carbonyl (C=O) groups is 1. The monoisotopic (exact) mass is 453 g/mol. The highest BCUT2D eigenvalue weighted by atomic mass is 35.5. The summed E-state index contributed by atoms with van der Waals surface area (Å²) in [4.78, 5) is 14.4. The molecule has 2 heterocycles. The first kappa shape index (κ1) is 19.5. The van der Waals surface area contributed by atoms with Crippen LogP contribution in [0.2, 0.25) is 10.0 Å². The molecule has 2 atom stereocenters. The Bertz CT molecular complexity index is 1130. The van der Waals surface area contributed by atoms with Crippen molar-refractivity contribution >= 4 is 52.4 Å². The third kappa shape index (κ3) is 3.58. The summed E-state index contributed by atoms with van der Waals surface area (Å²) in [5, 5.41) is 10.6. The second-order valence-electron chi connectivity index (χ2n) is 7.18. The first-order valence-corrected chi connectivity index (χ1v) is 11.3. The molecule has 3 aromatic rings. The molecular formula is C23H17Cl2N3OS. The van der Waals surface area contributed by atoms with Crippen LogP contribution in [0.4, 0.5) is 10.5 Å². The van der Waals surface area contributed by atoms with Crippen molar-refractivity contribution in [2.75, 3.05) is 11.1 Å². The van der Waals surface area contributed by atoms with E-state index in [1.165, 1.54) is 4.90 Å². The molecule has 2 aliphatic heterocycles. The minimum absolute atomic E-state index is 0.0991. The van der Waals surface area contributed by atoms with E-state index >= 15 is 0 Å². The van der Waals surface area contributed by atoms with Crippen LogP contribution in [0.15, 0.2) is 82.8 Å². The van der Waals surface area contributed by atoms with Crippen molar-refractivity contribution in [3.8, 4) is 0 Å². The molecule has 0 aromatic heterocycles. The molecule has 0 spiro atoms. The summed E-state index contributed by atoms with van der Waals surface area (Å²) in [6.07, 6.45) is 0. The van der Waals surface area contributed by atoms with Gasteiger partial charge in [-0.25, -0.2) is 9.80 Å². The van der Waals surface area contributed by atoms with E-state index in [0.717, 1.165) is 22.6 Å². The summed E-state index contributed by atoms with van der Waals surface area (Å²) in [6, 6.07) is 22.4.